The van der Waals surface area contributed by atoms with Gasteiger partial charge in [0.1, 0.15) is 17.4 Å². The average molecular weight is 405 g/mol. The molecule has 1 N–H and O–H groups in total. The Morgan fingerprint density at radius 2 is 2.24 bits per heavy atom. The van der Waals surface area contributed by atoms with Gasteiger partial charge in [-0.25, -0.2) is 0 Å². The molecule has 0 saturated carbocycles. The van der Waals surface area contributed by atoms with Crippen LogP contribution in [0.25, 0.3) is 6.08 Å². The molecule has 0 unspecified atom stereocenters. The van der Waals surface area contributed by atoms with E-state index < -0.39 is 5.91 Å². The van der Waals surface area contributed by atoms with Crippen molar-refractivity contribution in [2.24, 2.45) is 0 Å². The highest BCUT2D eigenvalue weighted by Crippen LogP contribution is 2.34. The first-order valence-corrected chi connectivity index (χ1v) is 8.31. The fourth-order valence-electron chi connectivity index (χ4n) is 2.07. The van der Waals surface area contributed by atoms with Crippen molar-refractivity contribution in [3.63, 3.8) is 0 Å². The van der Waals surface area contributed by atoms with Gasteiger partial charge in [0.25, 0.3) is 5.91 Å². The Bertz CT molecular complexity index is 807. The summed E-state index contributed by atoms with van der Waals surface area (Å²) in [5.41, 5.74) is 0.605. The molecule has 6 nitrogen and oxygen atoms in total. The van der Waals surface area contributed by atoms with E-state index in [2.05, 4.69) is 21.2 Å². The Labute approximate surface area is 154 Å². The summed E-state index contributed by atoms with van der Waals surface area (Å²) in [6.07, 6.45) is 3.01. The van der Waals surface area contributed by atoms with Crippen LogP contribution >= 0.6 is 15.9 Å². The first-order chi connectivity index (χ1) is 12.1. The van der Waals surface area contributed by atoms with Crippen molar-refractivity contribution in [1.29, 1.82) is 5.26 Å². The molecule has 1 amide bonds. The van der Waals surface area contributed by atoms with Gasteiger partial charge in [0.2, 0.25) is 0 Å². The number of furan rings is 1. The number of halogens is 1. The van der Waals surface area contributed by atoms with Crippen LogP contribution in [0.4, 0.5) is 0 Å². The van der Waals surface area contributed by atoms with Gasteiger partial charge in [0.15, 0.2) is 11.5 Å². The minimum atomic E-state index is -0.487. The second-order valence-corrected chi connectivity index (χ2v) is 5.74. The fourth-order valence-corrected chi connectivity index (χ4v) is 2.51. The highest BCUT2D eigenvalue weighted by atomic mass is 79.9. The van der Waals surface area contributed by atoms with Crippen LogP contribution in [0.15, 0.2) is 45.0 Å². The van der Waals surface area contributed by atoms with Gasteiger partial charge in [-0.3, -0.25) is 4.79 Å². The first-order valence-electron chi connectivity index (χ1n) is 7.51. The third-order valence-corrected chi connectivity index (χ3v) is 3.94. The van der Waals surface area contributed by atoms with E-state index in [1.807, 2.05) is 13.0 Å². The van der Waals surface area contributed by atoms with E-state index in [0.29, 0.717) is 33.9 Å². The molecule has 0 aliphatic rings. The molecule has 0 fully saturated rings. The minimum Gasteiger partial charge on any atom is -0.493 e. The highest BCUT2D eigenvalue weighted by molar-refractivity contribution is 9.10. The molecule has 1 aromatic carbocycles. The molecular formula is C18H17BrN2O4. The number of nitriles is 1. The summed E-state index contributed by atoms with van der Waals surface area (Å²) in [5.74, 6) is 1.22. The Kier molecular flexibility index (Phi) is 6.66. The highest BCUT2D eigenvalue weighted by Gasteiger charge is 2.13. The number of nitrogens with zero attached hydrogens (tertiary/aromatic N) is 1. The van der Waals surface area contributed by atoms with Gasteiger partial charge < -0.3 is 19.2 Å². The predicted octanol–water partition coefficient (Wildman–Crippen LogP) is 3.67. The van der Waals surface area contributed by atoms with E-state index in [-0.39, 0.29) is 12.1 Å². The van der Waals surface area contributed by atoms with Crippen LogP contribution in [0.1, 0.15) is 18.2 Å². The summed E-state index contributed by atoms with van der Waals surface area (Å²) < 4.78 is 16.6. The number of amides is 1. The lowest BCUT2D eigenvalue weighted by atomic mass is 10.1. The maximum absolute atomic E-state index is 12.2. The zero-order chi connectivity index (χ0) is 18.2. The summed E-state index contributed by atoms with van der Waals surface area (Å²) in [6.45, 7) is 2.54. The lowest BCUT2D eigenvalue weighted by molar-refractivity contribution is -0.117. The molecule has 7 heteroatoms. The molecule has 25 heavy (non-hydrogen) atoms. The maximum atomic E-state index is 12.2. The van der Waals surface area contributed by atoms with Crippen LogP contribution in [-0.4, -0.2) is 19.6 Å². The summed E-state index contributed by atoms with van der Waals surface area (Å²) in [5, 5.41) is 11.9. The maximum Gasteiger partial charge on any atom is 0.262 e. The van der Waals surface area contributed by atoms with E-state index in [0.717, 1.165) is 0 Å². The molecule has 2 aromatic rings. The van der Waals surface area contributed by atoms with E-state index >= 15 is 0 Å². The van der Waals surface area contributed by atoms with E-state index in [9.17, 15) is 10.1 Å². The molecule has 0 aliphatic heterocycles. The molecule has 2 rings (SSSR count). The van der Waals surface area contributed by atoms with Crippen LogP contribution < -0.4 is 14.8 Å². The van der Waals surface area contributed by atoms with Gasteiger partial charge in [-0.05, 0) is 42.8 Å². The standard InChI is InChI=1S/C18H17BrN2O4/c1-3-24-17-8-12(15(19)9-16(17)23-2)7-13(10-20)18(22)21-11-14-5-4-6-25-14/h4-9H,3,11H2,1-2H3,(H,21,22)/b13-7-. The molecule has 0 spiro atoms. The van der Waals surface area contributed by atoms with Crippen molar-refractivity contribution in [2.45, 2.75) is 13.5 Å². The number of benzene rings is 1. The number of carbonyl (C=O) groups excluding carboxylic acids is 1. The lowest BCUT2D eigenvalue weighted by Gasteiger charge is -2.11. The van der Waals surface area contributed by atoms with E-state index in [4.69, 9.17) is 13.9 Å². The zero-order valence-corrected chi connectivity index (χ0v) is 15.4. The van der Waals surface area contributed by atoms with Gasteiger partial charge in [0, 0.05) is 4.47 Å². The van der Waals surface area contributed by atoms with Crippen LogP contribution in [0, 0.1) is 11.3 Å². The Morgan fingerprint density at radius 3 is 2.84 bits per heavy atom. The number of hydrogen-bond acceptors (Lipinski definition) is 5. The van der Waals surface area contributed by atoms with Crippen molar-refractivity contribution in [2.75, 3.05) is 13.7 Å². The van der Waals surface area contributed by atoms with Crippen molar-refractivity contribution >= 4 is 27.9 Å². The molecule has 0 atom stereocenters. The fraction of sp³-hybridized carbons (Fsp3) is 0.222. The van der Waals surface area contributed by atoms with Crippen molar-refractivity contribution in [3.05, 3.63) is 51.9 Å². The summed E-state index contributed by atoms with van der Waals surface area (Å²) in [6, 6.07) is 8.82. The van der Waals surface area contributed by atoms with E-state index in [1.54, 1.807) is 31.4 Å². The van der Waals surface area contributed by atoms with Crippen LogP contribution in [0.5, 0.6) is 11.5 Å². The van der Waals surface area contributed by atoms with Crippen LogP contribution in [0.3, 0.4) is 0 Å². The first kappa shape index (κ1) is 18.6. The molecule has 0 saturated heterocycles. The molecular weight excluding hydrogens is 388 g/mol. The average Bonchev–Trinajstić information content (AvgIpc) is 3.13. The van der Waals surface area contributed by atoms with Crippen molar-refractivity contribution in [3.8, 4) is 17.6 Å². The zero-order valence-electron chi connectivity index (χ0n) is 13.8. The van der Waals surface area contributed by atoms with Gasteiger partial charge in [-0.2, -0.15) is 5.26 Å². The number of nitrogens with one attached hydrogen (secondary N) is 1. The normalized spacial score (nSPS) is 10.9. The summed E-state index contributed by atoms with van der Waals surface area (Å²) in [4.78, 5) is 12.2. The van der Waals surface area contributed by atoms with Gasteiger partial charge in [0.05, 0.1) is 26.5 Å². The summed E-state index contributed by atoms with van der Waals surface area (Å²) in [7, 11) is 1.54. The van der Waals surface area contributed by atoms with Gasteiger partial charge >= 0.3 is 0 Å². The smallest absolute Gasteiger partial charge is 0.262 e. The van der Waals surface area contributed by atoms with Gasteiger partial charge in [-0.1, -0.05) is 15.9 Å². The Morgan fingerprint density at radius 1 is 1.44 bits per heavy atom. The number of methoxy groups -OCH3 is 1. The van der Waals surface area contributed by atoms with E-state index in [1.165, 1.54) is 12.3 Å². The molecule has 0 radical (unpaired) electrons. The minimum absolute atomic E-state index is 0.0279. The molecule has 1 heterocycles. The Balaban J connectivity index is 2.24. The molecule has 1 aromatic heterocycles. The van der Waals surface area contributed by atoms with Crippen LogP contribution in [0.2, 0.25) is 0 Å². The molecule has 0 bridgehead atoms. The number of carbonyl (C=O) groups is 1. The summed E-state index contributed by atoms with van der Waals surface area (Å²) >= 11 is 3.41. The predicted molar refractivity (Wildman–Crippen MR) is 96.0 cm³/mol. The van der Waals surface area contributed by atoms with Crippen LogP contribution in [-0.2, 0) is 11.3 Å². The number of ether oxygens (including phenoxy) is 2. The van der Waals surface area contributed by atoms with Crippen molar-refractivity contribution in [1.82, 2.24) is 5.32 Å². The third kappa shape index (κ3) is 4.88. The number of hydrogen-bond donors (Lipinski definition) is 1. The molecule has 130 valence electrons. The number of rotatable bonds is 7. The third-order valence-electron chi connectivity index (χ3n) is 3.25. The molecule has 0 aliphatic carbocycles. The monoisotopic (exact) mass is 404 g/mol. The topological polar surface area (TPSA) is 84.5 Å². The lowest BCUT2D eigenvalue weighted by Crippen LogP contribution is -2.23. The van der Waals surface area contributed by atoms with Gasteiger partial charge in [-0.15, -0.1) is 0 Å². The second-order valence-electron chi connectivity index (χ2n) is 4.89. The van der Waals surface area contributed by atoms with Crippen molar-refractivity contribution < 1.29 is 18.7 Å². The Hall–Kier alpha value is -2.72. The SMILES string of the molecule is CCOc1cc(/C=C(/C#N)C(=O)NCc2ccco2)c(Br)cc1OC. The largest absolute Gasteiger partial charge is 0.493 e. The second kappa shape index (κ2) is 8.94. The quantitative estimate of drug-likeness (QED) is 0.561.